The van der Waals surface area contributed by atoms with Crippen LogP contribution in [-0.4, -0.2) is 19.5 Å². The number of nitrogens with zero attached hydrogens (tertiary/aromatic N) is 4. The molecule has 1 atom stereocenters. The number of aryl methyl sites for hydroxylation is 1. The lowest BCUT2D eigenvalue weighted by Crippen LogP contribution is -2.05. The van der Waals surface area contributed by atoms with Crippen molar-refractivity contribution in [2.75, 3.05) is 0 Å². The lowest BCUT2D eigenvalue weighted by Gasteiger charge is -2.08. The summed E-state index contributed by atoms with van der Waals surface area (Å²) >= 11 is 7.91. The van der Waals surface area contributed by atoms with Gasteiger partial charge in [-0.15, -0.1) is 22.9 Å². The number of thiazole rings is 1. The highest BCUT2D eigenvalue weighted by Gasteiger charge is 2.16. The van der Waals surface area contributed by atoms with Gasteiger partial charge in [-0.2, -0.15) is 0 Å². The van der Waals surface area contributed by atoms with E-state index in [1.165, 1.54) is 4.88 Å². The zero-order valence-electron chi connectivity index (χ0n) is 10.7. The monoisotopic (exact) mass is 292 g/mol. The molecule has 98 valence electrons. The standard InChI is InChI=1S/C13H13ClN4S/c1-8(14)12-17-11-4-3-5-15-13(11)18(12)7-10-6-16-9(2)19-10/h3-6,8H,7H2,1-2H3. The number of aromatic nitrogens is 4. The molecule has 0 amide bonds. The van der Waals surface area contributed by atoms with Crippen LogP contribution in [0.4, 0.5) is 0 Å². The van der Waals surface area contributed by atoms with Crippen molar-refractivity contribution >= 4 is 34.1 Å². The molecule has 0 saturated carbocycles. The third-order valence-corrected chi connectivity index (χ3v) is 3.96. The van der Waals surface area contributed by atoms with Crippen molar-refractivity contribution in [3.05, 3.63) is 40.2 Å². The maximum atomic E-state index is 6.23. The van der Waals surface area contributed by atoms with Gasteiger partial charge in [0.25, 0.3) is 0 Å². The second-order valence-electron chi connectivity index (χ2n) is 4.36. The lowest BCUT2D eigenvalue weighted by atomic mass is 10.4. The Kier molecular flexibility index (Phi) is 3.24. The highest BCUT2D eigenvalue weighted by atomic mass is 35.5. The Bertz CT molecular complexity index is 716. The zero-order chi connectivity index (χ0) is 13.4. The van der Waals surface area contributed by atoms with Crippen molar-refractivity contribution < 1.29 is 0 Å². The Labute approximate surface area is 120 Å². The summed E-state index contributed by atoms with van der Waals surface area (Å²) in [4.78, 5) is 14.4. The average molecular weight is 293 g/mol. The second kappa shape index (κ2) is 4.90. The first-order chi connectivity index (χ1) is 9.15. The minimum absolute atomic E-state index is 0.150. The van der Waals surface area contributed by atoms with Gasteiger partial charge in [0.05, 0.1) is 16.9 Å². The van der Waals surface area contributed by atoms with Gasteiger partial charge >= 0.3 is 0 Å². The van der Waals surface area contributed by atoms with Gasteiger partial charge in [0.2, 0.25) is 0 Å². The van der Waals surface area contributed by atoms with E-state index in [0.717, 1.165) is 22.0 Å². The number of imidazole rings is 1. The summed E-state index contributed by atoms with van der Waals surface area (Å²) in [5.74, 6) is 0.849. The van der Waals surface area contributed by atoms with Gasteiger partial charge in [-0.05, 0) is 26.0 Å². The summed E-state index contributed by atoms with van der Waals surface area (Å²) in [6.45, 7) is 4.64. The molecule has 0 aromatic carbocycles. The fraction of sp³-hybridized carbons (Fsp3) is 0.308. The van der Waals surface area contributed by atoms with Crippen molar-refractivity contribution in [2.45, 2.75) is 25.8 Å². The van der Waals surface area contributed by atoms with Crippen LogP contribution in [0.15, 0.2) is 24.5 Å². The topological polar surface area (TPSA) is 43.6 Å². The summed E-state index contributed by atoms with van der Waals surface area (Å²) in [5.41, 5.74) is 1.75. The third kappa shape index (κ3) is 2.35. The molecule has 0 spiro atoms. The van der Waals surface area contributed by atoms with E-state index in [9.17, 15) is 0 Å². The predicted molar refractivity (Wildman–Crippen MR) is 77.7 cm³/mol. The van der Waals surface area contributed by atoms with Crippen molar-refractivity contribution in [3.8, 4) is 0 Å². The number of halogens is 1. The molecule has 3 heterocycles. The first-order valence-corrected chi connectivity index (χ1v) is 7.27. The van der Waals surface area contributed by atoms with E-state index in [1.807, 2.05) is 32.2 Å². The normalized spacial score (nSPS) is 13.0. The fourth-order valence-corrected chi connectivity index (χ4v) is 3.02. The quantitative estimate of drug-likeness (QED) is 0.694. The number of pyridine rings is 1. The number of alkyl halides is 1. The van der Waals surface area contributed by atoms with E-state index in [4.69, 9.17) is 11.6 Å². The van der Waals surface area contributed by atoms with Gasteiger partial charge in [0, 0.05) is 17.3 Å². The van der Waals surface area contributed by atoms with Gasteiger partial charge in [-0.3, -0.25) is 0 Å². The van der Waals surface area contributed by atoms with Gasteiger partial charge in [0.1, 0.15) is 11.3 Å². The summed E-state index contributed by atoms with van der Waals surface area (Å²) < 4.78 is 2.07. The van der Waals surface area contributed by atoms with Gasteiger partial charge in [-0.1, -0.05) is 0 Å². The summed E-state index contributed by atoms with van der Waals surface area (Å²) in [7, 11) is 0. The van der Waals surface area contributed by atoms with Crippen LogP contribution in [0.2, 0.25) is 0 Å². The smallest absolute Gasteiger partial charge is 0.160 e. The van der Waals surface area contributed by atoms with Crippen molar-refractivity contribution in [2.24, 2.45) is 0 Å². The third-order valence-electron chi connectivity index (χ3n) is 2.87. The molecule has 3 aromatic rings. The molecule has 19 heavy (non-hydrogen) atoms. The van der Waals surface area contributed by atoms with Crippen LogP contribution in [-0.2, 0) is 6.54 Å². The molecule has 3 aromatic heterocycles. The molecule has 0 aliphatic heterocycles. The Morgan fingerprint density at radius 1 is 1.42 bits per heavy atom. The molecule has 0 aliphatic carbocycles. The first kappa shape index (κ1) is 12.6. The van der Waals surface area contributed by atoms with E-state index in [0.29, 0.717) is 6.54 Å². The molecule has 6 heteroatoms. The van der Waals surface area contributed by atoms with Crippen LogP contribution in [0.5, 0.6) is 0 Å². The largest absolute Gasteiger partial charge is 0.306 e. The van der Waals surface area contributed by atoms with Crippen LogP contribution in [0.1, 0.15) is 28.0 Å². The van der Waals surface area contributed by atoms with E-state index in [1.54, 1.807) is 17.5 Å². The lowest BCUT2D eigenvalue weighted by molar-refractivity contribution is 0.743. The van der Waals surface area contributed by atoms with Crippen LogP contribution >= 0.6 is 22.9 Å². The highest BCUT2D eigenvalue weighted by molar-refractivity contribution is 7.11. The van der Waals surface area contributed by atoms with Crippen molar-refractivity contribution in [1.82, 2.24) is 19.5 Å². The van der Waals surface area contributed by atoms with Crippen molar-refractivity contribution in [1.29, 1.82) is 0 Å². The molecule has 0 aliphatic rings. The maximum absolute atomic E-state index is 6.23. The number of fused-ring (bicyclic) bond motifs is 1. The molecule has 0 saturated heterocycles. The molecular formula is C13H13ClN4S. The minimum Gasteiger partial charge on any atom is -0.306 e. The van der Waals surface area contributed by atoms with Gasteiger partial charge in [0.15, 0.2) is 5.65 Å². The Morgan fingerprint density at radius 2 is 2.26 bits per heavy atom. The molecular weight excluding hydrogens is 280 g/mol. The summed E-state index contributed by atoms with van der Waals surface area (Å²) in [6, 6.07) is 3.85. The van der Waals surface area contributed by atoms with E-state index in [2.05, 4.69) is 19.5 Å². The Morgan fingerprint density at radius 3 is 2.95 bits per heavy atom. The highest BCUT2D eigenvalue weighted by Crippen LogP contribution is 2.25. The molecule has 0 N–H and O–H groups in total. The SMILES string of the molecule is Cc1ncc(Cn2c(C(C)Cl)nc3cccnc32)s1. The van der Waals surface area contributed by atoms with E-state index < -0.39 is 0 Å². The average Bonchev–Trinajstić information content (AvgIpc) is 2.95. The molecule has 0 bridgehead atoms. The number of rotatable bonds is 3. The second-order valence-corrected chi connectivity index (χ2v) is 6.34. The summed E-state index contributed by atoms with van der Waals surface area (Å²) in [6.07, 6.45) is 3.68. The first-order valence-electron chi connectivity index (χ1n) is 6.01. The van der Waals surface area contributed by atoms with Gasteiger partial charge in [-0.25, -0.2) is 15.0 Å². The van der Waals surface area contributed by atoms with Crippen molar-refractivity contribution in [3.63, 3.8) is 0 Å². The number of hydrogen-bond acceptors (Lipinski definition) is 4. The van der Waals surface area contributed by atoms with E-state index >= 15 is 0 Å². The maximum Gasteiger partial charge on any atom is 0.160 e. The fourth-order valence-electron chi connectivity index (χ4n) is 2.07. The number of hydrogen-bond donors (Lipinski definition) is 0. The Balaban J connectivity index is 2.12. The van der Waals surface area contributed by atoms with Crippen LogP contribution in [0.3, 0.4) is 0 Å². The minimum atomic E-state index is -0.150. The van der Waals surface area contributed by atoms with E-state index in [-0.39, 0.29) is 5.38 Å². The van der Waals surface area contributed by atoms with Crippen LogP contribution in [0, 0.1) is 6.92 Å². The molecule has 3 rings (SSSR count). The Hall–Kier alpha value is -1.46. The molecule has 1 unspecified atom stereocenters. The molecule has 0 radical (unpaired) electrons. The van der Waals surface area contributed by atoms with Crippen LogP contribution < -0.4 is 0 Å². The van der Waals surface area contributed by atoms with Crippen LogP contribution in [0.25, 0.3) is 11.2 Å². The predicted octanol–water partition coefficient (Wildman–Crippen LogP) is 3.54. The molecule has 4 nitrogen and oxygen atoms in total. The molecule has 0 fully saturated rings. The summed E-state index contributed by atoms with van der Waals surface area (Å²) in [5, 5.41) is 0.913. The van der Waals surface area contributed by atoms with Gasteiger partial charge < -0.3 is 4.57 Å². The zero-order valence-corrected chi connectivity index (χ0v) is 12.2.